The van der Waals surface area contributed by atoms with Crippen molar-refractivity contribution in [3.8, 4) is 5.75 Å². The minimum Gasteiger partial charge on any atom is -0.497 e. The van der Waals surface area contributed by atoms with Crippen LogP contribution < -0.4 is 10.1 Å². The number of urea groups is 1. The van der Waals surface area contributed by atoms with E-state index < -0.39 is 0 Å². The highest BCUT2D eigenvalue weighted by molar-refractivity contribution is 5.74. The number of methoxy groups -OCH3 is 1. The van der Waals surface area contributed by atoms with Crippen LogP contribution in [-0.2, 0) is 6.42 Å². The second-order valence-corrected chi connectivity index (χ2v) is 5.66. The molecule has 0 unspecified atom stereocenters. The van der Waals surface area contributed by atoms with Gasteiger partial charge < -0.3 is 15.0 Å². The molecule has 0 aromatic heterocycles. The lowest BCUT2D eigenvalue weighted by molar-refractivity contribution is 0.139. The van der Waals surface area contributed by atoms with Crippen molar-refractivity contribution in [2.75, 3.05) is 46.4 Å². The zero-order chi connectivity index (χ0) is 15.8. The smallest absolute Gasteiger partial charge is 0.317 e. The fraction of sp³-hybridized carbons (Fsp3) is 0.588. The van der Waals surface area contributed by atoms with E-state index in [1.165, 1.54) is 12.0 Å². The maximum absolute atomic E-state index is 12.1. The molecule has 1 aliphatic rings. The number of hydrogen-bond acceptors (Lipinski definition) is 3. The van der Waals surface area contributed by atoms with Crippen LogP contribution in [0.15, 0.2) is 24.3 Å². The fourth-order valence-corrected chi connectivity index (χ4v) is 2.74. The lowest BCUT2D eigenvalue weighted by Gasteiger charge is -2.34. The summed E-state index contributed by atoms with van der Waals surface area (Å²) in [4.78, 5) is 16.5. The van der Waals surface area contributed by atoms with Crippen molar-refractivity contribution >= 4 is 6.03 Å². The summed E-state index contributed by atoms with van der Waals surface area (Å²) in [5, 5.41) is 3.01. The van der Waals surface area contributed by atoms with Crippen molar-refractivity contribution in [1.29, 1.82) is 0 Å². The van der Waals surface area contributed by atoms with Crippen molar-refractivity contribution in [1.82, 2.24) is 15.1 Å². The highest BCUT2D eigenvalue weighted by Crippen LogP contribution is 2.12. The van der Waals surface area contributed by atoms with E-state index in [0.717, 1.165) is 44.9 Å². The van der Waals surface area contributed by atoms with Crippen LogP contribution in [0, 0.1) is 0 Å². The Balaban J connectivity index is 1.69. The Morgan fingerprint density at radius 1 is 1.27 bits per heavy atom. The molecule has 1 heterocycles. The third kappa shape index (κ3) is 4.91. The van der Waals surface area contributed by atoms with Crippen LogP contribution >= 0.6 is 0 Å². The van der Waals surface area contributed by atoms with Crippen molar-refractivity contribution in [3.63, 3.8) is 0 Å². The number of benzene rings is 1. The van der Waals surface area contributed by atoms with Crippen LogP contribution in [0.3, 0.4) is 0 Å². The molecule has 1 aliphatic heterocycles. The fourth-order valence-electron chi connectivity index (χ4n) is 2.74. The Morgan fingerprint density at radius 3 is 2.73 bits per heavy atom. The van der Waals surface area contributed by atoms with Crippen LogP contribution in [-0.4, -0.2) is 62.2 Å². The van der Waals surface area contributed by atoms with E-state index in [1.54, 1.807) is 7.11 Å². The second kappa shape index (κ2) is 8.63. The highest BCUT2D eigenvalue weighted by atomic mass is 16.5. The summed E-state index contributed by atoms with van der Waals surface area (Å²) in [6.07, 6.45) is 1.99. The van der Waals surface area contributed by atoms with E-state index in [4.69, 9.17) is 4.74 Å². The molecule has 1 aromatic rings. The third-order valence-corrected chi connectivity index (χ3v) is 4.02. The first kappa shape index (κ1) is 16.6. The molecule has 0 bridgehead atoms. The van der Waals surface area contributed by atoms with Gasteiger partial charge in [0.1, 0.15) is 5.75 Å². The number of nitrogens with zero attached hydrogens (tertiary/aromatic N) is 2. The van der Waals surface area contributed by atoms with Gasteiger partial charge in [-0.3, -0.25) is 4.90 Å². The first-order chi connectivity index (χ1) is 10.7. The van der Waals surface area contributed by atoms with Gasteiger partial charge in [-0.2, -0.15) is 0 Å². The average Bonchev–Trinajstić information content (AvgIpc) is 2.56. The quantitative estimate of drug-likeness (QED) is 0.874. The number of ether oxygens (including phenoxy) is 1. The van der Waals surface area contributed by atoms with Crippen LogP contribution in [0.4, 0.5) is 4.79 Å². The monoisotopic (exact) mass is 305 g/mol. The lowest BCUT2D eigenvalue weighted by Crippen LogP contribution is -2.52. The summed E-state index contributed by atoms with van der Waals surface area (Å²) < 4.78 is 5.21. The van der Waals surface area contributed by atoms with Crippen molar-refractivity contribution in [3.05, 3.63) is 29.8 Å². The van der Waals surface area contributed by atoms with Crippen LogP contribution in [0.1, 0.15) is 18.9 Å². The van der Waals surface area contributed by atoms with E-state index in [9.17, 15) is 4.79 Å². The number of nitrogens with one attached hydrogen (secondary N) is 1. The standard InChI is InChI=1S/C17H27N3O2/c1-3-9-19-10-12-20(13-11-19)17(21)18-8-7-15-5-4-6-16(14-15)22-2/h4-6,14H,3,7-13H2,1-2H3,(H,18,21). The molecule has 2 amide bonds. The van der Waals surface area contributed by atoms with E-state index in [0.29, 0.717) is 6.54 Å². The van der Waals surface area contributed by atoms with Gasteiger partial charge in [-0.25, -0.2) is 4.79 Å². The van der Waals surface area contributed by atoms with Gasteiger partial charge in [0, 0.05) is 32.7 Å². The predicted octanol–water partition coefficient (Wildman–Crippen LogP) is 1.97. The summed E-state index contributed by atoms with van der Waals surface area (Å²) in [6.45, 7) is 7.59. The predicted molar refractivity (Wildman–Crippen MR) is 88.4 cm³/mol. The summed E-state index contributed by atoms with van der Waals surface area (Å²) in [5.74, 6) is 0.857. The topological polar surface area (TPSA) is 44.8 Å². The number of hydrogen-bond donors (Lipinski definition) is 1. The molecule has 0 atom stereocenters. The molecular weight excluding hydrogens is 278 g/mol. The van der Waals surface area contributed by atoms with Gasteiger partial charge in [-0.15, -0.1) is 0 Å². The molecule has 122 valence electrons. The van der Waals surface area contributed by atoms with Crippen molar-refractivity contribution in [2.45, 2.75) is 19.8 Å². The zero-order valence-electron chi connectivity index (χ0n) is 13.7. The molecule has 2 rings (SSSR count). The first-order valence-corrected chi connectivity index (χ1v) is 8.11. The number of carbonyl (C=O) groups is 1. The molecule has 0 radical (unpaired) electrons. The Kier molecular flexibility index (Phi) is 6.52. The maximum Gasteiger partial charge on any atom is 0.317 e. The molecule has 1 saturated heterocycles. The van der Waals surface area contributed by atoms with Crippen LogP contribution in [0.5, 0.6) is 5.75 Å². The van der Waals surface area contributed by atoms with E-state index >= 15 is 0 Å². The molecule has 1 N–H and O–H groups in total. The van der Waals surface area contributed by atoms with Gasteiger partial charge in [0.15, 0.2) is 0 Å². The Bertz CT molecular complexity index is 471. The van der Waals surface area contributed by atoms with Crippen LogP contribution in [0.2, 0.25) is 0 Å². The van der Waals surface area contributed by atoms with Gasteiger partial charge in [0.05, 0.1) is 7.11 Å². The van der Waals surface area contributed by atoms with Gasteiger partial charge in [0.25, 0.3) is 0 Å². The summed E-state index contributed by atoms with van der Waals surface area (Å²) >= 11 is 0. The number of amides is 2. The molecule has 22 heavy (non-hydrogen) atoms. The van der Waals surface area contributed by atoms with Gasteiger partial charge in [0.2, 0.25) is 0 Å². The van der Waals surface area contributed by atoms with E-state index in [2.05, 4.69) is 23.2 Å². The van der Waals surface area contributed by atoms with Crippen molar-refractivity contribution in [2.24, 2.45) is 0 Å². The highest BCUT2D eigenvalue weighted by Gasteiger charge is 2.19. The molecule has 0 saturated carbocycles. The van der Waals surface area contributed by atoms with Gasteiger partial charge >= 0.3 is 6.03 Å². The molecule has 0 aliphatic carbocycles. The zero-order valence-corrected chi connectivity index (χ0v) is 13.7. The minimum atomic E-state index is 0.0547. The Morgan fingerprint density at radius 2 is 2.05 bits per heavy atom. The normalized spacial score (nSPS) is 15.6. The van der Waals surface area contributed by atoms with Gasteiger partial charge in [-0.1, -0.05) is 19.1 Å². The van der Waals surface area contributed by atoms with E-state index in [-0.39, 0.29) is 6.03 Å². The molecular formula is C17H27N3O2. The van der Waals surface area contributed by atoms with Gasteiger partial charge in [-0.05, 0) is 37.1 Å². The van der Waals surface area contributed by atoms with E-state index in [1.807, 2.05) is 23.1 Å². The molecule has 0 spiro atoms. The molecule has 5 heteroatoms. The molecule has 1 aromatic carbocycles. The SMILES string of the molecule is CCCN1CCN(C(=O)NCCc2cccc(OC)c2)CC1. The Hall–Kier alpha value is -1.75. The minimum absolute atomic E-state index is 0.0547. The lowest BCUT2D eigenvalue weighted by atomic mass is 10.1. The molecule has 1 fully saturated rings. The summed E-state index contributed by atoms with van der Waals surface area (Å²) in [6, 6.07) is 8.02. The summed E-state index contributed by atoms with van der Waals surface area (Å²) in [5.41, 5.74) is 1.17. The maximum atomic E-state index is 12.1. The third-order valence-electron chi connectivity index (χ3n) is 4.02. The largest absolute Gasteiger partial charge is 0.497 e. The molecule has 5 nitrogen and oxygen atoms in total. The second-order valence-electron chi connectivity index (χ2n) is 5.66. The van der Waals surface area contributed by atoms with Crippen LogP contribution in [0.25, 0.3) is 0 Å². The number of piperazine rings is 1. The number of rotatable bonds is 6. The van der Waals surface area contributed by atoms with Crippen molar-refractivity contribution < 1.29 is 9.53 Å². The summed E-state index contributed by atoms with van der Waals surface area (Å²) in [7, 11) is 1.67. The number of carbonyl (C=O) groups excluding carboxylic acids is 1. The Labute approximate surface area is 133 Å². The average molecular weight is 305 g/mol. The first-order valence-electron chi connectivity index (χ1n) is 8.11.